The molecule has 3 aromatic carbocycles. The molecule has 180 valence electrons. The van der Waals surface area contributed by atoms with Crippen molar-refractivity contribution in [2.24, 2.45) is 5.10 Å². The molecular formula is C27H25BrIN3O3. The van der Waals surface area contributed by atoms with E-state index in [0.717, 1.165) is 19.2 Å². The van der Waals surface area contributed by atoms with Gasteiger partial charge in [0.25, 0.3) is 5.56 Å². The molecule has 35 heavy (non-hydrogen) atoms. The molecule has 0 aliphatic rings. The third-order valence-corrected chi connectivity index (χ3v) is 6.52. The van der Waals surface area contributed by atoms with Crippen LogP contribution < -0.4 is 15.0 Å². The standard InChI is InChI=1S/C27H25BrIN3O3/c1-4-34-24-13-19(12-22(29)25(24)35-16-18-8-6-5-7-9-18)15-30-32-26(17(2)3)31-23-11-10-20(28)14-21(23)27(32)33/h5-15,17H,4,16H2,1-3H3. The molecule has 0 saturated carbocycles. The first-order chi connectivity index (χ1) is 16.9. The van der Waals surface area contributed by atoms with Crippen molar-refractivity contribution in [1.29, 1.82) is 0 Å². The largest absolute Gasteiger partial charge is 0.490 e. The fraction of sp³-hybridized carbons (Fsp3) is 0.222. The van der Waals surface area contributed by atoms with Gasteiger partial charge in [-0.25, -0.2) is 4.98 Å². The predicted molar refractivity (Wildman–Crippen MR) is 152 cm³/mol. The van der Waals surface area contributed by atoms with E-state index in [1.165, 1.54) is 4.68 Å². The van der Waals surface area contributed by atoms with Crippen molar-refractivity contribution in [1.82, 2.24) is 9.66 Å². The Bertz CT molecular complexity index is 1440. The van der Waals surface area contributed by atoms with E-state index in [4.69, 9.17) is 14.5 Å². The molecule has 0 aliphatic heterocycles. The molecule has 0 N–H and O–H groups in total. The summed E-state index contributed by atoms with van der Waals surface area (Å²) in [6.07, 6.45) is 1.66. The SMILES string of the molecule is CCOc1cc(C=Nn2c(C(C)C)nc3ccc(Br)cc3c2=O)cc(I)c1OCc1ccccc1. The van der Waals surface area contributed by atoms with Crippen molar-refractivity contribution in [3.8, 4) is 11.5 Å². The molecule has 0 saturated heterocycles. The number of hydrogen-bond donors (Lipinski definition) is 0. The summed E-state index contributed by atoms with van der Waals surface area (Å²) < 4.78 is 15.1. The number of ether oxygens (including phenoxy) is 2. The van der Waals surface area contributed by atoms with E-state index in [9.17, 15) is 4.79 Å². The van der Waals surface area contributed by atoms with Crippen LogP contribution in [0.5, 0.6) is 11.5 Å². The smallest absolute Gasteiger partial charge is 0.282 e. The number of hydrogen-bond acceptors (Lipinski definition) is 5. The zero-order chi connectivity index (χ0) is 24.9. The highest BCUT2D eigenvalue weighted by Crippen LogP contribution is 2.34. The van der Waals surface area contributed by atoms with E-state index in [0.29, 0.717) is 41.4 Å². The Labute approximate surface area is 226 Å². The van der Waals surface area contributed by atoms with Crippen LogP contribution in [-0.2, 0) is 6.61 Å². The molecule has 8 heteroatoms. The van der Waals surface area contributed by atoms with Gasteiger partial charge in [0.15, 0.2) is 11.5 Å². The molecule has 0 fully saturated rings. The van der Waals surface area contributed by atoms with Crippen molar-refractivity contribution in [3.63, 3.8) is 0 Å². The maximum atomic E-state index is 13.3. The highest BCUT2D eigenvalue weighted by atomic mass is 127. The lowest BCUT2D eigenvalue weighted by Gasteiger charge is -2.15. The summed E-state index contributed by atoms with van der Waals surface area (Å²) in [4.78, 5) is 18.0. The fourth-order valence-electron chi connectivity index (χ4n) is 3.57. The minimum atomic E-state index is -0.209. The van der Waals surface area contributed by atoms with Gasteiger partial charge in [-0.1, -0.05) is 60.1 Å². The Kier molecular flexibility index (Phi) is 8.22. The summed E-state index contributed by atoms with van der Waals surface area (Å²) in [6, 6.07) is 19.3. The Morgan fingerprint density at radius 1 is 1.11 bits per heavy atom. The summed E-state index contributed by atoms with van der Waals surface area (Å²) in [5.41, 5.74) is 2.31. The van der Waals surface area contributed by atoms with E-state index >= 15 is 0 Å². The number of halogens is 2. The second kappa shape index (κ2) is 11.3. The van der Waals surface area contributed by atoms with Gasteiger partial charge < -0.3 is 9.47 Å². The van der Waals surface area contributed by atoms with Gasteiger partial charge in [0.05, 0.1) is 27.3 Å². The molecule has 0 bridgehead atoms. The Hall–Kier alpha value is -2.72. The molecule has 0 radical (unpaired) electrons. The van der Waals surface area contributed by atoms with E-state index in [2.05, 4.69) is 43.6 Å². The van der Waals surface area contributed by atoms with Crippen LogP contribution in [-0.4, -0.2) is 22.5 Å². The predicted octanol–water partition coefficient (Wildman–Crippen LogP) is 6.75. The van der Waals surface area contributed by atoms with Gasteiger partial charge in [0.1, 0.15) is 12.4 Å². The maximum Gasteiger partial charge on any atom is 0.282 e. The quantitative estimate of drug-likeness (QED) is 0.157. The van der Waals surface area contributed by atoms with E-state index in [-0.39, 0.29) is 11.5 Å². The zero-order valence-electron chi connectivity index (χ0n) is 19.7. The first-order valence-corrected chi connectivity index (χ1v) is 13.1. The summed E-state index contributed by atoms with van der Waals surface area (Å²) >= 11 is 5.67. The third-order valence-electron chi connectivity index (χ3n) is 5.23. The molecule has 0 spiro atoms. The first-order valence-electron chi connectivity index (χ1n) is 11.3. The van der Waals surface area contributed by atoms with Crippen molar-refractivity contribution >= 4 is 55.6 Å². The van der Waals surface area contributed by atoms with Gasteiger partial charge in [0, 0.05) is 10.4 Å². The number of fused-ring (bicyclic) bond motifs is 1. The number of aromatic nitrogens is 2. The zero-order valence-corrected chi connectivity index (χ0v) is 23.4. The highest BCUT2D eigenvalue weighted by Gasteiger charge is 2.15. The molecule has 0 aliphatic carbocycles. The van der Waals surface area contributed by atoms with E-state index in [1.54, 1.807) is 12.3 Å². The van der Waals surface area contributed by atoms with Crippen LogP contribution >= 0.6 is 38.5 Å². The van der Waals surface area contributed by atoms with Gasteiger partial charge in [-0.2, -0.15) is 9.78 Å². The fourth-order valence-corrected chi connectivity index (χ4v) is 4.71. The molecule has 0 atom stereocenters. The van der Waals surface area contributed by atoms with Gasteiger partial charge in [-0.3, -0.25) is 4.79 Å². The number of benzene rings is 3. The molecule has 1 aromatic heterocycles. The molecule has 0 amide bonds. The van der Waals surface area contributed by atoms with Crippen molar-refractivity contribution in [2.45, 2.75) is 33.3 Å². The summed E-state index contributed by atoms with van der Waals surface area (Å²) in [5, 5.41) is 5.05. The second-order valence-electron chi connectivity index (χ2n) is 8.18. The topological polar surface area (TPSA) is 65.7 Å². The van der Waals surface area contributed by atoms with Crippen LogP contribution in [0, 0.1) is 3.57 Å². The molecule has 0 unspecified atom stereocenters. The molecule has 1 heterocycles. The highest BCUT2D eigenvalue weighted by molar-refractivity contribution is 14.1. The lowest BCUT2D eigenvalue weighted by molar-refractivity contribution is 0.267. The van der Waals surface area contributed by atoms with E-state index < -0.39 is 0 Å². The normalized spacial score (nSPS) is 11.5. The second-order valence-corrected chi connectivity index (χ2v) is 10.3. The third kappa shape index (κ3) is 5.92. The van der Waals surface area contributed by atoms with Crippen LogP contribution in [0.4, 0.5) is 0 Å². The Balaban J connectivity index is 1.71. The van der Waals surface area contributed by atoms with Crippen LogP contribution in [0.1, 0.15) is 43.6 Å². The van der Waals surface area contributed by atoms with Crippen LogP contribution in [0.15, 0.2) is 75.0 Å². The summed E-state index contributed by atoms with van der Waals surface area (Å²) in [7, 11) is 0. The lowest BCUT2D eigenvalue weighted by Crippen LogP contribution is -2.23. The van der Waals surface area contributed by atoms with Gasteiger partial charge >= 0.3 is 0 Å². The van der Waals surface area contributed by atoms with Crippen molar-refractivity contribution in [3.05, 3.63) is 96.0 Å². The van der Waals surface area contributed by atoms with Crippen LogP contribution in [0.2, 0.25) is 0 Å². The molecular weight excluding hydrogens is 621 g/mol. The van der Waals surface area contributed by atoms with Gasteiger partial charge in [0.2, 0.25) is 0 Å². The monoisotopic (exact) mass is 645 g/mol. The van der Waals surface area contributed by atoms with Crippen molar-refractivity contribution in [2.75, 3.05) is 6.61 Å². The number of rotatable bonds is 8. The minimum absolute atomic E-state index is 0.0146. The maximum absolute atomic E-state index is 13.3. The Morgan fingerprint density at radius 3 is 2.60 bits per heavy atom. The van der Waals surface area contributed by atoms with Crippen LogP contribution in [0.25, 0.3) is 10.9 Å². The van der Waals surface area contributed by atoms with Crippen molar-refractivity contribution < 1.29 is 9.47 Å². The Morgan fingerprint density at radius 2 is 1.89 bits per heavy atom. The van der Waals surface area contributed by atoms with Gasteiger partial charge in [-0.05, 0) is 71.0 Å². The average molecular weight is 646 g/mol. The first kappa shape index (κ1) is 25.4. The van der Waals surface area contributed by atoms with Crippen LogP contribution in [0.3, 0.4) is 0 Å². The number of nitrogens with zero attached hydrogens (tertiary/aromatic N) is 3. The average Bonchev–Trinajstić information content (AvgIpc) is 2.84. The summed E-state index contributed by atoms with van der Waals surface area (Å²) in [5.74, 6) is 1.93. The van der Waals surface area contributed by atoms with Gasteiger partial charge in [-0.15, -0.1) is 0 Å². The lowest BCUT2D eigenvalue weighted by atomic mass is 10.2. The molecule has 4 aromatic rings. The molecule has 6 nitrogen and oxygen atoms in total. The molecule has 4 rings (SSSR count). The van der Waals surface area contributed by atoms with E-state index in [1.807, 2.05) is 75.4 Å². The minimum Gasteiger partial charge on any atom is -0.490 e. The summed E-state index contributed by atoms with van der Waals surface area (Å²) in [6.45, 7) is 6.86.